The summed E-state index contributed by atoms with van der Waals surface area (Å²) in [6, 6.07) is 0. The molecule has 0 spiro atoms. The molecule has 3 unspecified atom stereocenters. The lowest BCUT2D eigenvalue weighted by molar-refractivity contribution is -0.165. The minimum atomic E-state index is -0.496. The van der Waals surface area contributed by atoms with Crippen LogP contribution in [0.4, 0.5) is 0 Å². The van der Waals surface area contributed by atoms with E-state index in [1.165, 1.54) is 12.5 Å². The number of esters is 2. The van der Waals surface area contributed by atoms with Crippen LogP contribution in [-0.4, -0.2) is 24.6 Å². The number of carbonyl (C=O) groups excluding carboxylic acids is 2. The van der Waals surface area contributed by atoms with Crippen molar-refractivity contribution in [3.05, 3.63) is 11.6 Å². The topological polar surface area (TPSA) is 52.6 Å². The number of rotatable bonds is 5. The van der Waals surface area contributed by atoms with E-state index < -0.39 is 11.9 Å². The Morgan fingerprint density at radius 3 is 2.48 bits per heavy atom. The molecule has 1 aliphatic carbocycles. The van der Waals surface area contributed by atoms with Crippen molar-refractivity contribution in [1.82, 2.24) is 0 Å². The Bertz CT molecular complexity index is 394. The van der Waals surface area contributed by atoms with Crippen molar-refractivity contribution >= 4 is 11.9 Å². The number of carbonyl (C=O) groups is 2. The highest BCUT2D eigenvalue weighted by atomic mass is 16.6. The van der Waals surface area contributed by atoms with Gasteiger partial charge in [0.1, 0.15) is 6.10 Å². The van der Waals surface area contributed by atoms with Gasteiger partial charge >= 0.3 is 11.9 Å². The van der Waals surface area contributed by atoms with E-state index in [-0.39, 0.29) is 12.7 Å². The number of ether oxygens (including phenoxy) is 2. The van der Waals surface area contributed by atoms with Gasteiger partial charge in [-0.2, -0.15) is 0 Å². The first kappa shape index (κ1) is 17.7. The molecule has 1 rings (SSSR count). The van der Waals surface area contributed by atoms with Gasteiger partial charge in [0, 0.05) is 6.08 Å². The van der Waals surface area contributed by atoms with Crippen LogP contribution in [-0.2, 0) is 19.1 Å². The largest absolute Gasteiger partial charge is 0.460 e. The van der Waals surface area contributed by atoms with Gasteiger partial charge in [-0.05, 0) is 44.4 Å². The monoisotopic (exact) mass is 296 g/mol. The molecule has 21 heavy (non-hydrogen) atoms. The van der Waals surface area contributed by atoms with E-state index in [1.54, 1.807) is 13.8 Å². The maximum Gasteiger partial charge on any atom is 0.344 e. The SMILES string of the molecule is CC(C)=CC(=O)OCC(=O)OC1CC(C)CCC1C(C)C. The van der Waals surface area contributed by atoms with Crippen molar-refractivity contribution in [3.63, 3.8) is 0 Å². The van der Waals surface area contributed by atoms with E-state index in [1.807, 2.05) is 0 Å². The molecule has 0 aromatic heterocycles. The van der Waals surface area contributed by atoms with Gasteiger partial charge in [-0.1, -0.05) is 32.8 Å². The van der Waals surface area contributed by atoms with Gasteiger partial charge in [-0.15, -0.1) is 0 Å². The van der Waals surface area contributed by atoms with Gasteiger partial charge in [0.25, 0.3) is 0 Å². The minimum absolute atomic E-state index is 0.0524. The van der Waals surface area contributed by atoms with Gasteiger partial charge < -0.3 is 9.47 Å². The fourth-order valence-electron chi connectivity index (χ4n) is 2.86. The molecule has 120 valence electrons. The van der Waals surface area contributed by atoms with Crippen molar-refractivity contribution in [2.45, 2.75) is 60.0 Å². The Labute approximate surface area is 127 Å². The van der Waals surface area contributed by atoms with Crippen molar-refractivity contribution in [2.24, 2.45) is 17.8 Å². The van der Waals surface area contributed by atoms with E-state index in [0.717, 1.165) is 18.4 Å². The molecule has 1 aliphatic rings. The smallest absolute Gasteiger partial charge is 0.344 e. The summed E-state index contributed by atoms with van der Waals surface area (Å²) in [5, 5.41) is 0. The zero-order valence-corrected chi connectivity index (χ0v) is 13.8. The van der Waals surface area contributed by atoms with Crippen LogP contribution < -0.4 is 0 Å². The van der Waals surface area contributed by atoms with E-state index >= 15 is 0 Å². The Kier molecular flexibility index (Phi) is 6.93. The molecule has 3 atom stereocenters. The van der Waals surface area contributed by atoms with Crippen LogP contribution in [0.15, 0.2) is 11.6 Å². The lowest BCUT2D eigenvalue weighted by Crippen LogP contribution is -2.36. The molecule has 0 heterocycles. The molecule has 0 aliphatic heterocycles. The summed E-state index contributed by atoms with van der Waals surface area (Å²) in [5.41, 5.74) is 0.842. The van der Waals surface area contributed by atoms with Crippen LogP contribution in [0.3, 0.4) is 0 Å². The van der Waals surface area contributed by atoms with Crippen molar-refractivity contribution in [2.75, 3.05) is 6.61 Å². The zero-order chi connectivity index (χ0) is 16.0. The summed E-state index contributed by atoms with van der Waals surface area (Å²) in [6.07, 6.45) is 4.49. The molecular formula is C17H28O4. The first-order valence-electron chi connectivity index (χ1n) is 7.80. The van der Waals surface area contributed by atoms with Crippen molar-refractivity contribution in [3.8, 4) is 0 Å². The predicted octanol–water partition coefficient (Wildman–Crippen LogP) is 3.50. The molecule has 0 bridgehead atoms. The van der Waals surface area contributed by atoms with Crippen molar-refractivity contribution < 1.29 is 19.1 Å². The van der Waals surface area contributed by atoms with Gasteiger partial charge in [0.2, 0.25) is 0 Å². The second-order valence-corrected chi connectivity index (χ2v) is 6.68. The minimum Gasteiger partial charge on any atom is -0.460 e. The maximum absolute atomic E-state index is 11.9. The molecule has 0 N–H and O–H groups in total. The van der Waals surface area contributed by atoms with Crippen LogP contribution in [0.2, 0.25) is 0 Å². The molecule has 0 saturated heterocycles. The van der Waals surface area contributed by atoms with E-state index in [4.69, 9.17) is 9.47 Å². The van der Waals surface area contributed by atoms with Crippen LogP contribution in [0, 0.1) is 17.8 Å². The molecule has 1 saturated carbocycles. The fourth-order valence-corrected chi connectivity index (χ4v) is 2.86. The van der Waals surface area contributed by atoms with Gasteiger partial charge in [0.15, 0.2) is 6.61 Å². The number of hydrogen-bond donors (Lipinski definition) is 0. The van der Waals surface area contributed by atoms with Gasteiger partial charge in [-0.3, -0.25) is 0 Å². The summed E-state index contributed by atoms with van der Waals surface area (Å²) in [6.45, 7) is 9.81. The third-order valence-electron chi connectivity index (χ3n) is 3.98. The van der Waals surface area contributed by atoms with Crippen LogP contribution in [0.25, 0.3) is 0 Å². The van der Waals surface area contributed by atoms with Crippen molar-refractivity contribution in [1.29, 1.82) is 0 Å². The van der Waals surface area contributed by atoms with E-state index in [2.05, 4.69) is 20.8 Å². The molecular weight excluding hydrogens is 268 g/mol. The molecule has 0 aromatic carbocycles. The second kappa shape index (κ2) is 8.20. The van der Waals surface area contributed by atoms with Gasteiger partial charge in [0.05, 0.1) is 0 Å². The van der Waals surface area contributed by atoms with E-state index in [9.17, 15) is 9.59 Å². The molecule has 0 amide bonds. The zero-order valence-electron chi connectivity index (χ0n) is 13.8. The van der Waals surface area contributed by atoms with Gasteiger partial charge in [-0.25, -0.2) is 9.59 Å². The van der Waals surface area contributed by atoms with Crippen LogP contribution in [0.1, 0.15) is 53.9 Å². The van der Waals surface area contributed by atoms with Crippen LogP contribution in [0.5, 0.6) is 0 Å². The van der Waals surface area contributed by atoms with E-state index in [0.29, 0.717) is 17.8 Å². The highest BCUT2D eigenvalue weighted by Crippen LogP contribution is 2.35. The third-order valence-corrected chi connectivity index (χ3v) is 3.98. The lowest BCUT2D eigenvalue weighted by Gasteiger charge is -2.36. The normalized spacial score (nSPS) is 25.3. The summed E-state index contributed by atoms with van der Waals surface area (Å²) in [5.74, 6) is 0.521. The Morgan fingerprint density at radius 1 is 1.24 bits per heavy atom. The molecule has 1 fully saturated rings. The highest BCUT2D eigenvalue weighted by molar-refractivity contribution is 5.84. The summed E-state index contributed by atoms with van der Waals surface area (Å²) < 4.78 is 10.4. The molecule has 0 radical (unpaired) electrons. The summed E-state index contributed by atoms with van der Waals surface area (Å²) in [4.78, 5) is 23.2. The third kappa shape index (κ3) is 6.32. The highest BCUT2D eigenvalue weighted by Gasteiger charge is 2.33. The summed E-state index contributed by atoms with van der Waals surface area (Å²) in [7, 11) is 0. The van der Waals surface area contributed by atoms with Crippen LogP contribution >= 0.6 is 0 Å². The lowest BCUT2D eigenvalue weighted by atomic mass is 9.75. The first-order valence-corrected chi connectivity index (χ1v) is 7.80. The molecule has 4 heteroatoms. The fraction of sp³-hybridized carbons (Fsp3) is 0.765. The number of hydrogen-bond acceptors (Lipinski definition) is 4. The predicted molar refractivity (Wildman–Crippen MR) is 81.6 cm³/mol. The average Bonchev–Trinajstić information content (AvgIpc) is 2.35. The Morgan fingerprint density at radius 2 is 1.90 bits per heavy atom. The summed E-state index contributed by atoms with van der Waals surface area (Å²) >= 11 is 0. The average molecular weight is 296 g/mol. The quantitative estimate of drug-likeness (QED) is 0.575. The first-order chi connectivity index (χ1) is 9.79. The maximum atomic E-state index is 11.9. The standard InChI is InChI=1S/C17H28O4/c1-11(2)8-16(18)20-10-17(19)21-15-9-13(5)6-7-14(15)12(3)4/h8,12-15H,6-7,9-10H2,1-5H3. The molecule has 4 nitrogen and oxygen atoms in total. The second-order valence-electron chi connectivity index (χ2n) is 6.68. The Balaban J connectivity index is 2.47. The Hall–Kier alpha value is -1.32. The number of allylic oxidation sites excluding steroid dienone is 1. The molecule has 0 aromatic rings.